The van der Waals surface area contributed by atoms with Gasteiger partial charge in [0.15, 0.2) is 0 Å². The Morgan fingerprint density at radius 1 is 0.850 bits per heavy atom. The van der Waals surface area contributed by atoms with Gasteiger partial charge in [0, 0.05) is 0 Å². The summed E-state index contributed by atoms with van der Waals surface area (Å²) in [6, 6.07) is 0. The number of carbonyl (C=O) groups is 1. The van der Waals surface area contributed by atoms with Crippen molar-refractivity contribution in [1.82, 2.24) is 0 Å². The first kappa shape index (κ1) is 23.5. The van der Waals surface area contributed by atoms with Crippen molar-refractivity contribution < 1.29 is 39.5 Å². The van der Waals surface area contributed by atoms with Crippen LogP contribution in [0.4, 0.5) is 0 Å². The van der Waals surface area contributed by atoms with Crippen molar-refractivity contribution in [3.63, 3.8) is 0 Å². The third-order valence-electron chi connectivity index (χ3n) is 3.57. The fourth-order valence-corrected chi connectivity index (χ4v) is 2.72. The van der Waals surface area contributed by atoms with E-state index in [0.29, 0.717) is 0 Å². The molecule has 4 heteroatoms. The van der Waals surface area contributed by atoms with Crippen molar-refractivity contribution in [2.75, 3.05) is 0 Å². The van der Waals surface area contributed by atoms with Gasteiger partial charge >= 0.3 is 29.6 Å². The Bertz CT molecular complexity index is 213. The molecule has 1 atom stereocenters. The minimum absolute atomic E-state index is 0. The molecule has 0 saturated heterocycles. The molecule has 0 aromatic heterocycles. The summed E-state index contributed by atoms with van der Waals surface area (Å²) < 4.78 is -0.305. The van der Waals surface area contributed by atoms with Crippen LogP contribution in [-0.4, -0.2) is 9.89 Å². The number of alkyl halides is 1. The van der Waals surface area contributed by atoms with E-state index < -0.39 is 5.97 Å². The standard InChI is InChI=1S/C16H31IO2.Na/c1-2-3-4-5-6-7-8-9-10-11-12-13-14-15(17)16(18)19;/h15H,2-14H2,1H3,(H,18,19);/q;+1/p-1. The Kier molecular flexibility index (Phi) is 21.4. The first-order chi connectivity index (χ1) is 9.18. The van der Waals surface area contributed by atoms with E-state index in [2.05, 4.69) is 6.92 Å². The maximum Gasteiger partial charge on any atom is 1.00 e. The molecule has 0 radical (unpaired) electrons. The number of unbranched alkanes of at least 4 members (excludes halogenated alkanes) is 11. The molecule has 0 aliphatic heterocycles. The van der Waals surface area contributed by atoms with Gasteiger partial charge in [0.25, 0.3) is 0 Å². The van der Waals surface area contributed by atoms with E-state index in [0.717, 1.165) is 12.8 Å². The van der Waals surface area contributed by atoms with E-state index in [1.807, 2.05) is 22.6 Å². The molecule has 0 amide bonds. The van der Waals surface area contributed by atoms with Crippen molar-refractivity contribution in [3.8, 4) is 0 Å². The number of hydrogen-bond acceptors (Lipinski definition) is 2. The molecular weight excluding hydrogens is 374 g/mol. The van der Waals surface area contributed by atoms with Crippen molar-refractivity contribution in [3.05, 3.63) is 0 Å². The largest absolute Gasteiger partial charge is 1.00 e. The molecule has 0 aromatic rings. The zero-order chi connectivity index (χ0) is 14.3. The number of hydrogen-bond donors (Lipinski definition) is 0. The normalized spacial score (nSPS) is 11.9. The number of carboxylic acid groups (broad SMARTS) is 1. The fourth-order valence-electron chi connectivity index (χ4n) is 2.28. The van der Waals surface area contributed by atoms with Crippen molar-refractivity contribution >= 4 is 28.6 Å². The van der Waals surface area contributed by atoms with Crippen molar-refractivity contribution in [1.29, 1.82) is 0 Å². The molecule has 20 heavy (non-hydrogen) atoms. The molecule has 0 fully saturated rings. The minimum atomic E-state index is -0.913. The quantitative estimate of drug-likeness (QED) is 0.191. The summed E-state index contributed by atoms with van der Waals surface area (Å²) >= 11 is 1.96. The molecule has 0 N–H and O–H groups in total. The molecule has 0 bridgehead atoms. The first-order valence-corrected chi connectivity index (χ1v) is 9.28. The van der Waals surface area contributed by atoms with Crippen LogP contribution in [0, 0.1) is 0 Å². The monoisotopic (exact) mass is 404 g/mol. The fraction of sp³-hybridized carbons (Fsp3) is 0.938. The third kappa shape index (κ3) is 17.3. The predicted octanol–water partition coefficient (Wildman–Crippen LogP) is 1.64. The van der Waals surface area contributed by atoms with Gasteiger partial charge in [0.2, 0.25) is 0 Å². The van der Waals surface area contributed by atoms with Gasteiger partial charge in [-0.1, -0.05) is 107 Å². The molecule has 0 aromatic carbocycles. The van der Waals surface area contributed by atoms with Gasteiger partial charge in [-0.15, -0.1) is 0 Å². The third-order valence-corrected chi connectivity index (χ3v) is 4.70. The molecule has 0 saturated carbocycles. The second kappa shape index (κ2) is 18.2. The Balaban J connectivity index is 0. The summed E-state index contributed by atoms with van der Waals surface area (Å²) in [6.45, 7) is 2.26. The molecular formula is C16H30INaO2. The Morgan fingerprint density at radius 2 is 1.20 bits per heavy atom. The van der Waals surface area contributed by atoms with Gasteiger partial charge in [0.05, 0.1) is 9.89 Å². The second-order valence-corrected chi connectivity index (χ2v) is 6.97. The summed E-state index contributed by atoms with van der Waals surface area (Å²) in [4.78, 5) is 10.5. The maximum absolute atomic E-state index is 10.5. The van der Waals surface area contributed by atoms with Gasteiger partial charge in [-0.2, -0.15) is 0 Å². The van der Waals surface area contributed by atoms with Crippen LogP contribution in [0.2, 0.25) is 0 Å². The van der Waals surface area contributed by atoms with Gasteiger partial charge in [-0.05, 0) is 6.42 Å². The van der Waals surface area contributed by atoms with E-state index in [4.69, 9.17) is 0 Å². The van der Waals surface area contributed by atoms with Gasteiger partial charge in [-0.25, -0.2) is 0 Å². The van der Waals surface area contributed by atoms with E-state index >= 15 is 0 Å². The van der Waals surface area contributed by atoms with Crippen LogP contribution >= 0.6 is 22.6 Å². The van der Waals surface area contributed by atoms with E-state index in [1.165, 1.54) is 70.6 Å². The van der Waals surface area contributed by atoms with Gasteiger partial charge in [0.1, 0.15) is 0 Å². The molecule has 0 spiro atoms. The number of carboxylic acids is 1. The summed E-state index contributed by atoms with van der Waals surface area (Å²) in [5, 5.41) is 10.5. The predicted molar refractivity (Wildman–Crippen MR) is 88.5 cm³/mol. The SMILES string of the molecule is CCCCCCCCCCCCCCC(I)C(=O)[O-].[Na+]. The second-order valence-electron chi connectivity index (χ2n) is 5.46. The molecule has 0 aliphatic carbocycles. The average molecular weight is 404 g/mol. The van der Waals surface area contributed by atoms with Crippen molar-refractivity contribution in [2.24, 2.45) is 0 Å². The maximum atomic E-state index is 10.5. The molecule has 0 aliphatic rings. The van der Waals surface area contributed by atoms with E-state index in [-0.39, 0.29) is 33.5 Å². The van der Waals surface area contributed by atoms with Crippen LogP contribution in [0.15, 0.2) is 0 Å². The van der Waals surface area contributed by atoms with Crippen LogP contribution in [-0.2, 0) is 4.79 Å². The number of carbonyl (C=O) groups excluding carboxylic acids is 1. The smallest absolute Gasteiger partial charge is 0.549 e. The summed E-state index contributed by atoms with van der Waals surface area (Å²) in [5.41, 5.74) is 0. The van der Waals surface area contributed by atoms with Gasteiger partial charge < -0.3 is 9.90 Å². The molecule has 0 heterocycles. The number of aliphatic carboxylic acids is 1. The van der Waals surface area contributed by atoms with Crippen LogP contribution < -0.4 is 34.7 Å². The number of rotatable bonds is 14. The Hall–Kier alpha value is 1.20. The topological polar surface area (TPSA) is 40.1 Å². The molecule has 2 nitrogen and oxygen atoms in total. The minimum Gasteiger partial charge on any atom is -0.549 e. The van der Waals surface area contributed by atoms with Crippen LogP contribution in [0.25, 0.3) is 0 Å². The Labute approximate surface area is 161 Å². The van der Waals surface area contributed by atoms with Gasteiger partial charge in [-0.3, -0.25) is 0 Å². The van der Waals surface area contributed by atoms with E-state index in [1.54, 1.807) is 0 Å². The number of halogens is 1. The van der Waals surface area contributed by atoms with Crippen molar-refractivity contribution in [2.45, 2.75) is 94.3 Å². The molecule has 0 rings (SSSR count). The van der Waals surface area contributed by atoms with Crippen LogP contribution in [0.5, 0.6) is 0 Å². The zero-order valence-corrected chi connectivity index (χ0v) is 17.6. The summed E-state index contributed by atoms with van der Waals surface area (Å²) in [6.07, 6.45) is 16.6. The summed E-state index contributed by atoms with van der Waals surface area (Å²) in [5.74, 6) is -0.913. The van der Waals surface area contributed by atoms with E-state index in [9.17, 15) is 9.90 Å². The van der Waals surface area contributed by atoms with Crippen LogP contribution in [0.1, 0.15) is 90.4 Å². The zero-order valence-electron chi connectivity index (χ0n) is 13.5. The Morgan fingerprint density at radius 3 is 1.55 bits per heavy atom. The average Bonchev–Trinajstić information content (AvgIpc) is 2.39. The molecule has 1 unspecified atom stereocenters. The first-order valence-electron chi connectivity index (χ1n) is 8.03. The van der Waals surface area contributed by atoms with Crippen LogP contribution in [0.3, 0.4) is 0 Å². The summed E-state index contributed by atoms with van der Waals surface area (Å²) in [7, 11) is 0. The molecule has 114 valence electrons.